The van der Waals surface area contributed by atoms with Gasteiger partial charge in [0.1, 0.15) is 5.69 Å². The van der Waals surface area contributed by atoms with Gasteiger partial charge in [-0.2, -0.15) is 5.10 Å². The van der Waals surface area contributed by atoms with Crippen LogP contribution in [-0.2, 0) is 0 Å². The zero-order valence-electron chi connectivity index (χ0n) is 7.92. The molecule has 0 N–H and O–H groups in total. The van der Waals surface area contributed by atoms with Crippen molar-refractivity contribution in [3.05, 3.63) is 48.0 Å². The van der Waals surface area contributed by atoms with Gasteiger partial charge in [-0.3, -0.25) is 0 Å². The van der Waals surface area contributed by atoms with E-state index in [2.05, 4.69) is 33.8 Å². The van der Waals surface area contributed by atoms with Crippen molar-refractivity contribution in [2.24, 2.45) is 0 Å². The fourth-order valence-electron chi connectivity index (χ4n) is 1.62. The summed E-state index contributed by atoms with van der Waals surface area (Å²) in [5.74, 6) is 0. The summed E-state index contributed by atoms with van der Waals surface area (Å²) >= 11 is 1.69. The summed E-state index contributed by atoms with van der Waals surface area (Å²) < 4.78 is 0. The summed E-state index contributed by atoms with van der Waals surface area (Å²) in [6, 6.07) is 12.3. The van der Waals surface area contributed by atoms with E-state index in [-0.39, 0.29) is 0 Å². The monoisotopic (exact) mass is 212 g/mol. The van der Waals surface area contributed by atoms with Gasteiger partial charge in [0, 0.05) is 10.8 Å². The molecule has 3 rings (SSSR count). The Hall–Kier alpha value is -1.74. The first-order chi connectivity index (χ1) is 7.45. The first-order valence-electron chi connectivity index (χ1n) is 4.69. The fourth-order valence-corrected chi connectivity index (χ4v) is 2.35. The molecule has 0 amide bonds. The number of fused-ring (bicyclic) bond motifs is 1. The van der Waals surface area contributed by atoms with Crippen molar-refractivity contribution in [2.75, 3.05) is 0 Å². The lowest BCUT2D eigenvalue weighted by Gasteiger charge is -2.01. The van der Waals surface area contributed by atoms with Gasteiger partial charge >= 0.3 is 0 Å². The SMILES string of the molecule is c1csc(-c2nncc3ccccc23)c1. The molecule has 0 unspecified atom stereocenters. The minimum atomic E-state index is 0.975. The van der Waals surface area contributed by atoms with Crippen LogP contribution in [0, 0.1) is 0 Å². The number of thiophene rings is 1. The Morgan fingerprint density at radius 3 is 2.80 bits per heavy atom. The molecule has 0 fully saturated rings. The Morgan fingerprint density at radius 2 is 1.93 bits per heavy atom. The van der Waals surface area contributed by atoms with E-state index in [0.717, 1.165) is 16.5 Å². The van der Waals surface area contributed by atoms with Gasteiger partial charge < -0.3 is 0 Å². The number of hydrogen-bond donors (Lipinski definition) is 0. The molecule has 72 valence electrons. The maximum Gasteiger partial charge on any atom is 0.111 e. The van der Waals surface area contributed by atoms with E-state index in [0.29, 0.717) is 0 Å². The number of nitrogens with zero attached hydrogens (tertiary/aromatic N) is 2. The van der Waals surface area contributed by atoms with Gasteiger partial charge in [-0.05, 0) is 11.4 Å². The molecule has 0 bridgehead atoms. The Bertz CT molecular complexity index is 582. The van der Waals surface area contributed by atoms with Crippen LogP contribution in [0.3, 0.4) is 0 Å². The van der Waals surface area contributed by atoms with Gasteiger partial charge in [-0.15, -0.1) is 16.4 Å². The molecule has 0 aliphatic carbocycles. The van der Waals surface area contributed by atoms with E-state index >= 15 is 0 Å². The maximum absolute atomic E-state index is 4.21. The normalized spacial score (nSPS) is 10.7. The third-order valence-corrected chi connectivity index (χ3v) is 3.20. The predicted octanol–water partition coefficient (Wildman–Crippen LogP) is 3.36. The molecule has 2 nitrogen and oxygen atoms in total. The molecule has 0 radical (unpaired) electrons. The van der Waals surface area contributed by atoms with Gasteiger partial charge in [0.05, 0.1) is 11.1 Å². The summed E-state index contributed by atoms with van der Waals surface area (Å²) in [5.41, 5.74) is 0.975. The van der Waals surface area contributed by atoms with Crippen LogP contribution in [0.1, 0.15) is 0 Å². The van der Waals surface area contributed by atoms with Gasteiger partial charge in [-0.25, -0.2) is 0 Å². The topological polar surface area (TPSA) is 25.8 Å². The van der Waals surface area contributed by atoms with E-state index in [1.165, 1.54) is 4.88 Å². The lowest BCUT2D eigenvalue weighted by atomic mass is 10.1. The molecule has 0 saturated heterocycles. The average Bonchev–Trinajstić information content (AvgIpc) is 2.82. The van der Waals surface area contributed by atoms with Gasteiger partial charge in [-0.1, -0.05) is 30.3 Å². The Morgan fingerprint density at radius 1 is 1.00 bits per heavy atom. The molecule has 0 saturated carbocycles. The van der Waals surface area contributed by atoms with Crippen LogP contribution in [-0.4, -0.2) is 10.2 Å². The molecule has 1 aromatic carbocycles. The van der Waals surface area contributed by atoms with Crippen molar-refractivity contribution >= 4 is 22.1 Å². The predicted molar refractivity (Wildman–Crippen MR) is 62.9 cm³/mol. The van der Waals surface area contributed by atoms with E-state index in [4.69, 9.17) is 0 Å². The highest BCUT2D eigenvalue weighted by molar-refractivity contribution is 7.13. The van der Waals surface area contributed by atoms with Crippen LogP contribution in [0.5, 0.6) is 0 Å². The van der Waals surface area contributed by atoms with Gasteiger partial charge in [0.15, 0.2) is 0 Å². The summed E-state index contributed by atoms with van der Waals surface area (Å²) in [6.45, 7) is 0. The third kappa shape index (κ3) is 1.41. The average molecular weight is 212 g/mol. The Balaban J connectivity index is 2.36. The minimum absolute atomic E-state index is 0.975. The summed E-state index contributed by atoms with van der Waals surface area (Å²) in [5, 5.41) is 12.6. The van der Waals surface area contributed by atoms with Gasteiger partial charge in [0.2, 0.25) is 0 Å². The summed E-state index contributed by atoms with van der Waals surface area (Å²) in [7, 11) is 0. The first-order valence-corrected chi connectivity index (χ1v) is 5.57. The molecule has 0 atom stereocenters. The van der Waals surface area contributed by atoms with Crippen LogP contribution in [0.15, 0.2) is 48.0 Å². The molecule has 2 aromatic heterocycles. The van der Waals surface area contributed by atoms with E-state index in [1.54, 1.807) is 17.5 Å². The van der Waals surface area contributed by atoms with Crippen molar-refractivity contribution in [3.8, 4) is 10.6 Å². The zero-order valence-corrected chi connectivity index (χ0v) is 8.74. The molecule has 2 heterocycles. The van der Waals surface area contributed by atoms with Crippen LogP contribution in [0.2, 0.25) is 0 Å². The van der Waals surface area contributed by atoms with Crippen LogP contribution < -0.4 is 0 Å². The second-order valence-electron chi connectivity index (χ2n) is 3.26. The number of rotatable bonds is 1. The molecule has 3 aromatic rings. The lowest BCUT2D eigenvalue weighted by Crippen LogP contribution is -1.86. The van der Waals surface area contributed by atoms with Crippen LogP contribution in [0.25, 0.3) is 21.3 Å². The lowest BCUT2D eigenvalue weighted by molar-refractivity contribution is 1.06. The number of hydrogen-bond acceptors (Lipinski definition) is 3. The molecular weight excluding hydrogens is 204 g/mol. The van der Waals surface area contributed by atoms with Crippen molar-refractivity contribution in [2.45, 2.75) is 0 Å². The summed E-state index contributed by atoms with van der Waals surface area (Å²) in [6.07, 6.45) is 1.80. The van der Waals surface area contributed by atoms with Crippen molar-refractivity contribution < 1.29 is 0 Å². The highest BCUT2D eigenvalue weighted by atomic mass is 32.1. The van der Waals surface area contributed by atoms with Crippen molar-refractivity contribution in [1.29, 1.82) is 0 Å². The largest absolute Gasteiger partial charge is 0.158 e. The van der Waals surface area contributed by atoms with Gasteiger partial charge in [0.25, 0.3) is 0 Å². The van der Waals surface area contributed by atoms with E-state index in [1.807, 2.05) is 18.2 Å². The highest BCUT2D eigenvalue weighted by Gasteiger charge is 2.05. The number of aromatic nitrogens is 2. The third-order valence-electron chi connectivity index (χ3n) is 2.33. The Kier molecular flexibility index (Phi) is 1.96. The molecule has 0 aliphatic heterocycles. The van der Waals surface area contributed by atoms with Crippen molar-refractivity contribution in [3.63, 3.8) is 0 Å². The van der Waals surface area contributed by atoms with Crippen LogP contribution >= 0.6 is 11.3 Å². The standard InChI is InChI=1S/C12H8N2S/c1-2-5-10-9(4-1)8-13-14-12(10)11-6-3-7-15-11/h1-8H. The minimum Gasteiger partial charge on any atom is -0.158 e. The molecule has 15 heavy (non-hydrogen) atoms. The molecule has 0 spiro atoms. The second kappa shape index (κ2) is 3.44. The second-order valence-corrected chi connectivity index (χ2v) is 4.21. The number of benzene rings is 1. The maximum atomic E-state index is 4.21. The molecule has 3 heteroatoms. The first kappa shape index (κ1) is 8.56. The zero-order chi connectivity index (χ0) is 10.1. The molecular formula is C12H8N2S. The van der Waals surface area contributed by atoms with Crippen LogP contribution in [0.4, 0.5) is 0 Å². The summed E-state index contributed by atoms with van der Waals surface area (Å²) in [4.78, 5) is 1.17. The smallest absolute Gasteiger partial charge is 0.111 e. The van der Waals surface area contributed by atoms with E-state index < -0.39 is 0 Å². The fraction of sp³-hybridized carbons (Fsp3) is 0. The van der Waals surface area contributed by atoms with E-state index in [9.17, 15) is 0 Å². The highest BCUT2D eigenvalue weighted by Crippen LogP contribution is 2.28. The van der Waals surface area contributed by atoms with Crippen molar-refractivity contribution in [1.82, 2.24) is 10.2 Å². The Labute approximate surface area is 91.2 Å². The molecule has 0 aliphatic rings. The quantitative estimate of drug-likeness (QED) is 0.618.